The number of rotatable bonds is 5. The Morgan fingerprint density at radius 3 is 2.42 bits per heavy atom. The highest BCUT2D eigenvalue weighted by atomic mass is 16.5. The van der Waals surface area contributed by atoms with E-state index < -0.39 is 0 Å². The van der Waals surface area contributed by atoms with Gasteiger partial charge < -0.3 is 14.8 Å². The number of hydrogen-bond donors (Lipinski definition) is 1. The topological polar surface area (TPSA) is 47.6 Å². The Kier molecular flexibility index (Phi) is 5.62. The van der Waals surface area contributed by atoms with Crippen LogP contribution in [0.15, 0.2) is 42.5 Å². The van der Waals surface area contributed by atoms with Gasteiger partial charge in [-0.25, -0.2) is 0 Å². The maximum atomic E-state index is 12.7. The standard InChI is InChI=1S/C22H27NO3/c1-16-12-17(2)14-18(13-16)21(24)23-15-22(8-10-26-11-9-22)19-6-4-5-7-20(19)25-3/h4-7,12-14H,8-11,15H2,1-3H3,(H,23,24). The Labute approximate surface area is 155 Å². The smallest absolute Gasteiger partial charge is 0.251 e. The number of hydrogen-bond acceptors (Lipinski definition) is 3. The summed E-state index contributed by atoms with van der Waals surface area (Å²) >= 11 is 0. The predicted octanol–water partition coefficient (Wildman–Crippen LogP) is 3.79. The lowest BCUT2D eigenvalue weighted by molar-refractivity contribution is 0.0479. The molecule has 1 N–H and O–H groups in total. The van der Waals surface area contributed by atoms with Crippen LogP contribution in [0.25, 0.3) is 0 Å². The number of ether oxygens (including phenoxy) is 2. The molecule has 0 aliphatic carbocycles. The third-order valence-corrected chi connectivity index (χ3v) is 5.20. The zero-order valence-corrected chi connectivity index (χ0v) is 15.8. The van der Waals surface area contributed by atoms with E-state index in [-0.39, 0.29) is 11.3 Å². The lowest BCUT2D eigenvalue weighted by atomic mass is 9.73. The number of carbonyl (C=O) groups excluding carboxylic acids is 1. The highest BCUT2D eigenvalue weighted by molar-refractivity contribution is 5.94. The van der Waals surface area contributed by atoms with Crippen molar-refractivity contribution >= 4 is 5.91 Å². The first-order valence-corrected chi connectivity index (χ1v) is 9.12. The molecule has 4 heteroatoms. The lowest BCUT2D eigenvalue weighted by Crippen LogP contribution is -2.44. The van der Waals surface area contributed by atoms with Crippen LogP contribution in [0.5, 0.6) is 5.75 Å². The SMILES string of the molecule is COc1ccccc1C1(CNC(=O)c2cc(C)cc(C)c2)CCOCC1. The molecule has 0 atom stereocenters. The molecule has 1 aliphatic heterocycles. The van der Waals surface area contributed by atoms with Gasteiger partial charge in [0.25, 0.3) is 5.91 Å². The number of benzene rings is 2. The first-order chi connectivity index (χ1) is 12.5. The van der Waals surface area contributed by atoms with Gasteiger partial charge >= 0.3 is 0 Å². The highest BCUT2D eigenvalue weighted by Crippen LogP contribution is 2.39. The quantitative estimate of drug-likeness (QED) is 0.890. The van der Waals surface area contributed by atoms with Crippen LogP contribution in [-0.2, 0) is 10.2 Å². The van der Waals surface area contributed by atoms with Gasteiger partial charge in [0.05, 0.1) is 7.11 Å². The Hall–Kier alpha value is -2.33. The van der Waals surface area contributed by atoms with Gasteiger partial charge in [0, 0.05) is 36.3 Å². The van der Waals surface area contributed by atoms with Crippen molar-refractivity contribution in [2.75, 3.05) is 26.9 Å². The van der Waals surface area contributed by atoms with Crippen molar-refractivity contribution in [1.82, 2.24) is 5.32 Å². The monoisotopic (exact) mass is 353 g/mol. The minimum absolute atomic E-state index is 0.0300. The van der Waals surface area contributed by atoms with Crippen LogP contribution < -0.4 is 10.1 Å². The molecule has 138 valence electrons. The van der Waals surface area contributed by atoms with E-state index in [0.29, 0.717) is 25.3 Å². The van der Waals surface area contributed by atoms with Crippen LogP contribution in [0.1, 0.15) is 39.9 Å². The predicted molar refractivity (Wildman–Crippen MR) is 103 cm³/mol. The number of amides is 1. The molecule has 3 rings (SSSR count). The van der Waals surface area contributed by atoms with E-state index in [4.69, 9.17) is 9.47 Å². The van der Waals surface area contributed by atoms with E-state index in [2.05, 4.69) is 17.4 Å². The minimum Gasteiger partial charge on any atom is -0.496 e. The number of carbonyl (C=O) groups is 1. The Morgan fingerprint density at radius 2 is 1.77 bits per heavy atom. The summed E-state index contributed by atoms with van der Waals surface area (Å²) in [5, 5.41) is 3.16. The fourth-order valence-corrected chi connectivity index (χ4v) is 3.84. The van der Waals surface area contributed by atoms with Crippen molar-refractivity contribution in [1.29, 1.82) is 0 Å². The summed E-state index contributed by atoms with van der Waals surface area (Å²) in [7, 11) is 1.69. The molecule has 0 bridgehead atoms. The van der Waals surface area contributed by atoms with Gasteiger partial charge in [-0.1, -0.05) is 35.4 Å². The minimum atomic E-state index is -0.167. The molecule has 2 aromatic carbocycles. The summed E-state index contributed by atoms with van der Waals surface area (Å²) < 4.78 is 11.2. The van der Waals surface area contributed by atoms with Crippen molar-refractivity contribution < 1.29 is 14.3 Å². The molecule has 1 aliphatic rings. The molecular formula is C22H27NO3. The van der Waals surface area contributed by atoms with Crippen LogP contribution >= 0.6 is 0 Å². The first-order valence-electron chi connectivity index (χ1n) is 9.12. The molecule has 1 heterocycles. The average Bonchev–Trinajstić information content (AvgIpc) is 2.66. The van der Waals surface area contributed by atoms with E-state index in [0.717, 1.165) is 35.3 Å². The Balaban J connectivity index is 1.84. The Morgan fingerprint density at radius 1 is 1.12 bits per heavy atom. The van der Waals surface area contributed by atoms with Crippen LogP contribution in [0.4, 0.5) is 0 Å². The average molecular weight is 353 g/mol. The summed E-state index contributed by atoms with van der Waals surface area (Å²) in [5.41, 5.74) is 3.89. The van der Waals surface area contributed by atoms with Crippen molar-refractivity contribution in [3.05, 3.63) is 64.7 Å². The fraction of sp³-hybridized carbons (Fsp3) is 0.409. The van der Waals surface area contributed by atoms with Crippen molar-refractivity contribution in [2.24, 2.45) is 0 Å². The van der Waals surface area contributed by atoms with E-state index in [1.54, 1.807) is 7.11 Å². The molecule has 26 heavy (non-hydrogen) atoms. The second-order valence-electron chi connectivity index (χ2n) is 7.15. The summed E-state index contributed by atoms with van der Waals surface area (Å²) in [6.45, 7) is 5.98. The second-order valence-corrected chi connectivity index (χ2v) is 7.15. The van der Waals surface area contributed by atoms with Crippen molar-refractivity contribution in [3.8, 4) is 5.75 Å². The maximum absolute atomic E-state index is 12.7. The van der Waals surface area contributed by atoms with Crippen LogP contribution in [0.2, 0.25) is 0 Å². The molecule has 0 aromatic heterocycles. The molecule has 1 fully saturated rings. The van der Waals surface area contributed by atoms with Crippen LogP contribution in [0, 0.1) is 13.8 Å². The van der Waals surface area contributed by atoms with Gasteiger partial charge in [-0.15, -0.1) is 0 Å². The number of methoxy groups -OCH3 is 1. The second kappa shape index (κ2) is 7.92. The van der Waals surface area contributed by atoms with Gasteiger partial charge in [-0.3, -0.25) is 4.79 Å². The third-order valence-electron chi connectivity index (χ3n) is 5.20. The Bertz CT molecular complexity index is 758. The normalized spacial score (nSPS) is 16.1. The van der Waals surface area contributed by atoms with E-state index >= 15 is 0 Å². The van der Waals surface area contributed by atoms with Crippen molar-refractivity contribution in [2.45, 2.75) is 32.1 Å². The van der Waals surface area contributed by atoms with E-state index in [1.165, 1.54) is 0 Å². The number of nitrogens with one attached hydrogen (secondary N) is 1. The van der Waals surface area contributed by atoms with Gasteiger partial charge in [0.1, 0.15) is 5.75 Å². The molecule has 4 nitrogen and oxygen atoms in total. The summed E-state index contributed by atoms with van der Waals surface area (Å²) in [6, 6.07) is 14.0. The molecule has 0 radical (unpaired) electrons. The lowest BCUT2D eigenvalue weighted by Gasteiger charge is -2.38. The van der Waals surface area contributed by atoms with E-state index in [9.17, 15) is 4.79 Å². The molecule has 0 spiro atoms. The molecule has 0 saturated carbocycles. The summed E-state index contributed by atoms with van der Waals surface area (Å²) in [4.78, 5) is 12.7. The summed E-state index contributed by atoms with van der Waals surface area (Å²) in [5.74, 6) is 0.840. The molecule has 0 unspecified atom stereocenters. The van der Waals surface area contributed by atoms with Gasteiger partial charge in [0.2, 0.25) is 0 Å². The highest BCUT2D eigenvalue weighted by Gasteiger charge is 2.37. The molecule has 1 saturated heterocycles. The third kappa shape index (κ3) is 3.91. The number of aryl methyl sites for hydroxylation is 2. The molecule has 2 aromatic rings. The van der Waals surface area contributed by atoms with Gasteiger partial charge in [-0.2, -0.15) is 0 Å². The van der Waals surface area contributed by atoms with Crippen LogP contribution in [-0.4, -0.2) is 32.8 Å². The molecular weight excluding hydrogens is 326 g/mol. The largest absolute Gasteiger partial charge is 0.496 e. The van der Waals surface area contributed by atoms with Gasteiger partial charge in [0.15, 0.2) is 0 Å². The number of para-hydroxylation sites is 1. The maximum Gasteiger partial charge on any atom is 0.251 e. The van der Waals surface area contributed by atoms with Crippen LogP contribution in [0.3, 0.4) is 0 Å². The zero-order valence-electron chi connectivity index (χ0n) is 15.8. The van der Waals surface area contributed by atoms with Crippen molar-refractivity contribution in [3.63, 3.8) is 0 Å². The first kappa shape index (κ1) is 18.5. The summed E-state index contributed by atoms with van der Waals surface area (Å²) in [6.07, 6.45) is 1.72. The van der Waals surface area contributed by atoms with Gasteiger partial charge in [-0.05, 0) is 44.9 Å². The fourth-order valence-electron chi connectivity index (χ4n) is 3.84. The van der Waals surface area contributed by atoms with E-state index in [1.807, 2.05) is 44.2 Å². The molecule has 1 amide bonds. The zero-order chi connectivity index (χ0) is 18.6.